The fourth-order valence-corrected chi connectivity index (χ4v) is 4.33. The predicted molar refractivity (Wildman–Crippen MR) is 108 cm³/mol. The van der Waals surface area contributed by atoms with Gasteiger partial charge in [0.2, 0.25) is 5.95 Å². The number of hydrogen-bond acceptors (Lipinski definition) is 5. The van der Waals surface area contributed by atoms with Crippen molar-refractivity contribution in [2.45, 2.75) is 44.6 Å². The van der Waals surface area contributed by atoms with Crippen molar-refractivity contribution in [3.8, 4) is 0 Å². The molecule has 0 unspecified atom stereocenters. The van der Waals surface area contributed by atoms with Crippen molar-refractivity contribution in [1.29, 1.82) is 0 Å². The second kappa shape index (κ2) is 7.61. The maximum absolute atomic E-state index is 14.3. The standard InChI is InChI=1S/C21H25F3N4O2/c1-3-16(15-7-5-4-6-8-15)28-19-25-17(26-9-11-30-12-10-26)13-18(29)27(19)14-20(28,2)21(22,23)24/h4-8,13,16H,3,9-12,14H2,1-2H3/t16-,20-/m0/s1. The van der Waals surface area contributed by atoms with Crippen LogP contribution < -0.4 is 15.4 Å². The van der Waals surface area contributed by atoms with E-state index in [0.717, 1.165) is 17.1 Å². The predicted octanol–water partition coefficient (Wildman–Crippen LogP) is 3.37. The van der Waals surface area contributed by atoms with Gasteiger partial charge in [0.05, 0.1) is 25.8 Å². The number of ether oxygens (including phenoxy) is 1. The molecule has 2 atom stereocenters. The summed E-state index contributed by atoms with van der Waals surface area (Å²) in [6.07, 6.45) is -4.11. The number of fused-ring (bicyclic) bond motifs is 1. The van der Waals surface area contributed by atoms with E-state index in [2.05, 4.69) is 4.98 Å². The topological polar surface area (TPSA) is 50.6 Å². The normalized spacial score (nSPS) is 22.8. The van der Waals surface area contributed by atoms with E-state index in [1.807, 2.05) is 42.2 Å². The van der Waals surface area contributed by atoms with Gasteiger partial charge in [-0.05, 0) is 18.9 Å². The molecule has 2 aliphatic rings. The molecule has 1 aromatic heterocycles. The van der Waals surface area contributed by atoms with E-state index in [0.29, 0.717) is 38.5 Å². The fourth-order valence-electron chi connectivity index (χ4n) is 4.33. The lowest BCUT2D eigenvalue weighted by Crippen LogP contribution is -2.57. The molecule has 4 rings (SSSR count). The number of nitrogens with zero attached hydrogens (tertiary/aromatic N) is 4. The molecule has 0 N–H and O–H groups in total. The van der Waals surface area contributed by atoms with Crippen LogP contribution in [0, 0.1) is 0 Å². The monoisotopic (exact) mass is 422 g/mol. The molecular weight excluding hydrogens is 397 g/mol. The zero-order chi connectivity index (χ0) is 21.5. The summed E-state index contributed by atoms with van der Waals surface area (Å²) in [7, 11) is 0. The van der Waals surface area contributed by atoms with Crippen LogP contribution in [0.5, 0.6) is 0 Å². The molecule has 0 amide bonds. The fraction of sp³-hybridized carbons (Fsp3) is 0.524. The second-order valence-electron chi connectivity index (χ2n) is 7.91. The van der Waals surface area contributed by atoms with Crippen molar-refractivity contribution in [3.05, 3.63) is 52.3 Å². The second-order valence-corrected chi connectivity index (χ2v) is 7.91. The maximum atomic E-state index is 14.3. The quantitative estimate of drug-likeness (QED) is 0.756. The summed E-state index contributed by atoms with van der Waals surface area (Å²) in [6.45, 7) is 4.59. The summed E-state index contributed by atoms with van der Waals surface area (Å²) in [6, 6.07) is 9.84. The zero-order valence-electron chi connectivity index (χ0n) is 17.0. The minimum absolute atomic E-state index is 0.0690. The number of anilines is 2. The zero-order valence-corrected chi connectivity index (χ0v) is 17.0. The summed E-state index contributed by atoms with van der Waals surface area (Å²) >= 11 is 0. The molecule has 0 radical (unpaired) electrons. The van der Waals surface area contributed by atoms with Crippen molar-refractivity contribution < 1.29 is 17.9 Å². The molecule has 6 nitrogen and oxygen atoms in total. The highest BCUT2D eigenvalue weighted by molar-refractivity contribution is 5.52. The number of hydrogen-bond donors (Lipinski definition) is 0. The van der Waals surface area contributed by atoms with Gasteiger partial charge in [-0.25, -0.2) is 0 Å². The average Bonchev–Trinajstić information content (AvgIpc) is 3.04. The molecule has 9 heteroatoms. The molecule has 2 aliphatic heterocycles. The molecule has 1 fully saturated rings. The first-order valence-corrected chi connectivity index (χ1v) is 10.1. The van der Waals surface area contributed by atoms with E-state index in [-0.39, 0.29) is 5.95 Å². The molecule has 0 spiro atoms. The summed E-state index contributed by atoms with van der Waals surface area (Å²) in [5, 5.41) is 0. The third-order valence-electron chi connectivity index (χ3n) is 6.02. The highest BCUT2D eigenvalue weighted by atomic mass is 19.4. The van der Waals surface area contributed by atoms with Gasteiger partial charge in [0, 0.05) is 19.2 Å². The van der Waals surface area contributed by atoms with Gasteiger partial charge in [-0.15, -0.1) is 0 Å². The Bertz CT molecular complexity index is 957. The van der Waals surface area contributed by atoms with Crippen molar-refractivity contribution in [2.24, 2.45) is 0 Å². The Morgan fingerprint density at radius 2 is 1.87 bits per heavy atom. The molecular formula is C21H25F3N4O2. The van der Waals surface area contributed by atoms with Gasteiger partial charge in [0.25, 0.3) is 5.56 Å². The number of halogens is 3. The molecule has 1 saturated heterocycles. The van der Waals surface area contributed by atoms with E-state index in [9.17, 15) is 18.0 Å². The van der Waals surface area contributed by atoms with Crippen LogP contribution in [-0.2, 0) is 11.3 Å². The van der Waals surface area contributed by atoms with Crippen LogP contribution in [-0.4, -0.2) is 47.6 Å². The first-order chi connectivity index (χ1) is 14.3. The van der Waals surface area contributed by atoms with Crippen molar-refractivity contribution in [2.75, 3.05) is 36.1 Å². The lowest BCUT2D eigenvalue weighted by atomic mass is 9.94. The van der Waals surface area contributed by atoms with Crippen LogP contribution in [0.4, 0.5) is 24.9 Å². The van der Waals surface area contributed by atoms with E-state index in [1.54, 1.807) is 0 Å². The molecule has 3 heterocycles. The number of rotatable bonds is 4. The van der Waals surface area contributed by atoms with E-state index >= 15 is 0 Å². The van der Waals surface area contributed by atoms with Crippen molar-refractivity contribution >= 4 is 11.8 Å². The largest absolute Gasteiger partial charge is 0.413 e. The first-order valence-electron chi connectivity index (χ1n) is 10.1. The molecule has 1 aromatic carbocycles. The van der Waals surface area contributed by atoms with Gasteiger partial charge in [-0.3, -0.25) is 9.36 Å². The maximum Gasteiger partial charge on any atom is 0.413 e. The van der Waals surface area contributed by atoms with Gasteiger partial charge in [0.15, 0.2) is 5.54 Å². The number of benzene rings is 1. The minimum atomic E-state index is -4.55. The first kappa shape index (κ1) is 20.7. The summed E-state index contributed by atoms with van der Waals surface area (Å²) in [5.74, 6) is 0.466. The van der Waals surface area contributed by atoms with Crippen molar-refractivity contribution in [3.63, 3.8) is 0 Å². The molecule has 30 heavy (non-hydrogen) atoms. The third kappa shape index (κ3) is 3.34. The Hall–Kier alpha value is -2.55. The van der Waals surface area contributed by atoms with Crippen LogP contribution >= 0.6 is 0 Å². The van der Waals surface area contributed by atoms with Gasteiger partial charge < -0.3 is 14.5 Å². The lowest BCUT2D eigenvalue weighted by Gasteiger charge is -2.42. The van der Waals surface area contributed by atoms with Crippen LogP contribution in [0.3, 0.4) is 0 Å². The molecule has 0 bridgehead atoms. The summed E-state index contributed by atoms with van der Waals surface area (Å²) in [5.41, 5.74) is -1.95. The highest BCUT2D eigenvalue weighted by Gasteiger charge is 2.61. The minimum Gasteiger partial charge on any atom is -0.378 e. The van der Waals surface area contributed by atoms with Gasteiger partial charge in [-0.1, -0.05) is 37.3 Å². The average molecular weight is 422 g/mol. The molecule has 0 aliphatic carbocycles. The van der Waals surface area contributed by atoms with Crippen molar-refractivity contribution in [1.82, 2.24) is 9.55 Å². The summed E-state index contributed by atoms with van der Waals surface area (Å²) in [4.78, 5) is 20.6. The highest BCUT2D eigenvalue weighted by Crippen LogP contribution is 2.48. The third-order valence-corrected chi connectivity index (χ3v) is 6.02. The van der Waals surface area contributed by atoms with Gasteiger partial charge in [0.1, 0.15) is 5.82 Å². The van der Waals surface area contributed by atoms with Crippen LogP contribution in [0.15, 0.2) is 41.2 Å². The van der Waals surface area contributed by atoms with Gasteiger partial charge in [-0.2, -0.15) is 18.2 Å². The van der Waals surface area contributed by atoms with Crippen LogP contribution in [0.1, 0.15) is 31.9 Å². The Morgan fingerprint density at radius 1 is 1.20 bits per heavy atom. The molecule has 162 valence electrons. The Balaban J connectivity index is 1.87. The number of alkyl halides is 3. The van der Waals surface area contributed by atoms with Gasteiger partial charge >= 0.3 is 6.18 Å². The Labute approximate surface area is 172 Å². The Kier molecular flexibility index (Phi) is 5.25. The van der Waals surface area contributed by atoms with E-state index in [1.165, 1.54) is 11.0 Å². The number of aromatic nitrogens is 2. The van der Waals surface area contributed by atoms with Crippen LogP contribution in [0.25, 0.3) is 0 Å². The Morgan fingerprint density at radius 3 is 2.47 bits per heavy atom. The lowest BCUT2D eigenvalue weighted by molar-refractivity contribution is -0.184. The molecule has 2 aromatic rings. The smallest absolute Gasteiger partial charge is 0.378 e. The van der Waals surface area contributed by atoms with E-state index in [4.69, 9.17) is 4.74 Å². The van der Waals surface area contributed by atoms with E-state index < -0.39 is 29.9 Å². The number of morpholine rings is 1. The summed E-state index contributed by atoms with van der Waals surface area (Å²) < 4.78 is 49.5. The molecule has 0 saturated carbocycles. The SMILES string of the molecule is CC[C@@H](c1ccccc1)N1c2nc(N3CCOCC3)cc(=O)n2C[C@@]1(C)C(F)(F)F. The van der Waals surface area contributed by atoms with Crippen LogP contribution in [0.2, 0.25) is 0 Å².